The SMILES string of the molecule is Cc1c(C(=O)NC2CCN(c3ncccn3)CC2)nnn1-c1cccc([N+](=O)[O-])c1. The molecule has 0 radical (unpaired) electrons. The number of carbonyl (C=O) groups excluding carboxylic acids is 1. The van der Waals surface area contributed by atoms with Crippen LogP contribution < -0.4 is 10.2 Å². The smallest absolute Gasteiger partial charge is 0.273 e. The molecule has 11 heteroatoms. The average molecular weight is 408 g/mol. The van der Waals surface area contributed by atoms with Gasteiger partial charge in [-0.05, 0) is 31.9 Å². The number of nitrogens with one attached hydrogen (secondary N) is 1. The second-order valence-corrected chi connectivity index (χ2v) is 7.00. The van der Waals surface area contributed by atoms with Gasteiger partial charge in [-0.2, -0.15) is 0 Å². The number of anilines is 1. The normalized spacial score (nSPS) is 14.5. The van der Waals surface area contributed by atoms with E-state index in [2.05, 4.69) is 30.5 Å². The number of nitro groups is 1. The molecule has 4 rings (SSSR count). The van der Waals surface area contributed by atoms with Gasteiger partial charge in [-0.3, -0.25) is 14.9 Å². The maximum absolute atomic E-state index is 12.7. The average Bonchev–Trinajstić information content (AvgIpc) is 3.16. The highest BCUT2D eigenvalue weighted by molar-refractivity contribution is 5.93. The van der Waals surface area contributed by atoms with Crippen LogP contribution in [0.2, 0.25) is 0 Å². The number of benzene rings is 1. The maximum atomic E-state index is 12.7. The Bertz CT molecular complexity index is 1060. The Morgan fingerprint density at radius 2 is 1.93 bits per heavy atom. The third-order valence-corrected chi connectivity index (χ3v) is 5.06. The van der Waals surface area contributed by atoms with Gasteiger partial charge in [0, 0.05) is 43.7 Å². The van der Waals surface area contributed by atoms with Gasteiger partial charge in [0.05, 0.1) is 16.3 Å². The van der Waals surface area contributed by atoms with E-state index in [1.165, 1.54) is 16.8 Å². The summed E-state index contributed by atoms with van der Waals surface area (Å²) >= 11 is 0. The standard InChI is InChI=1S/C19H20N8O3/c1-13-17(23-24-26(13)15-4-2-5-16(12-15)27(29)30)18(28)22-14-6-10-25(11-7-14)19-20-8-3-9-21-19/h2-5,8-9,12,14H,6-7,10-11H2,1H3,(H,22,28). The van der Waals surface area contributed by atoms with Crippen LogP contribution in [0.15, 0.2) is 42.7 Å². The third kappa shape index (κ3) is 3.95. The number of hydrogen-bond acceptors (Lipinski definition) is 8. The van der Waals surface area contributed by atoms with E-state index < -0.39 is 4.92 Å². The number of aromatic nitrogens is 5. The first kappa shape index (κ1) is 19.4. The molecule has 1 saturated heterocycles. The van der Waals surface area contributed by atoms with E-state index in [1.54, 1.807) is 37.5 Å². The highest BCUT2D eigenvalue weighted by Crippen LogP contribution is 2.19. The molecule has 3 aromatic rings. The zero-order valence-corrected chi connectivity index (χ0v) is 16.3. The largest absolute Gasteiger partial charge is 0.348 e. The van der Waals surface area contributed by atoms with Gasteiger partial charge in [0.25, 0.3) is 11.6 Å². The Kier molecular flexibility index (Phi) is 5.33. The molecule has 0 aliphatic carbocycles. The Balaban J connectivity index is 1.41. The van der Waals surface area contributed by atoms with Gasteiger partial charge in [-0.1, -0.05) is 11.3 Å². The number of nitro benzene ring substituents is 1. The predicted octanol–water partition coefficient (Wildman–Crippen LogP) is 1.67. The van der Waals surface area contributed by atoms with Crippen LogP contribution in [0.25, 0.3) is 5.69 Å². The van der Waals surface area contributed by atoms with Crippen LogP contribution in [-0.2, 0) is 0 Å². The maximum Gasteiger partial charge on any atom is 0.273 e. The number of nitrogens with zero attached hydrogens (tertiary/aromatic N) is 7. The van der Waals surface area contributed by atoms with E-state index in [-0.39, 0.29) is 23.3 Å². The molecule has 30 heavy (non-hydrogen) atoms. The quantitative estimate of drug-likeness (QED) is 0.498. The van der Waals surface area contributed by atoms with E-state index >= 15 is 0 Å². The van der Waals surface area contributed by atoms with E-state index in [0.717, 1.165) is 25.9 Å². The molecule has 154 valence electrons. The Hall–Kier alpha value is -3.89. The summed E-state index contributed by atoms with van der Waals surface area (Å²) in [6.45, 7) is 3.20. The Morgan fingerprint density at radius 1 is 1.20 bits per heavy atom. The van der Waals surface area contributed by atoms with Gasteiger partial charge < -0.3 is 10.2 Å². The lowest BCUT2D eigenvalue weighted by Gasteiger charge is -2.32. The molecular formula is C19H20N8O3. The zero-order valence-electron chi connectivity index (χ0n) is 16.3. The summed E-state index contributed by atoms with van der Waals surface area (Å²) in [5.41, 5.74) is 1.14. The number of piperidine rings is 1. The van der Waals surface area contributed by atoms with Gasteiger partial charge >= 0.3 is 0 Å². The molecule has 1 aliphatic rings. The van der Waals surface area contributed by atoms with Gasteiger partial charge in [-0.25, -0.2) is 14.6 Å². The van der Waals surface area contributed by atoms with Crippen LogP contribution in [0, 0.1) is 17.0 Å². The van der Waals surface area contributed by atoms with E-state index in [9.17, 15) is 14.9 Å². The lowest BCUT2D eigenvalue weighted by atomic mass is 10.1. The number of non-ortho nitro benzene ring substituents is 1. The van der Waals surface area contributed by atoms with Gasteiger partial charge in [-0.15, -0.1) is 5.10 Å². The van der Waals surface area contributed by atoms with Crippen molar-refractivity contribution in [2.24, 2.45) is 0 Å². The fourth-order valence-corrected chi connectivity index (χ4v) is 3.45. The van der Waals surface area contributed by atoms with Gasteiger partial charge in [0.1, 0.15) is 0 Å². The second kappa shape index (κ2) is 8.23. The van der Waals surface area contributed by atoms with Crippen molar-refractivity contribution in [1.82, 2.24) is 30.3 Å². The lowest BCUT2D eigenvalue weighted by Crippen LogP contribution is -2.45. The molecule has 1 aliphatic heterocycles. The zero-order chi connectivity index (χ0) is 21.1. The van der Waals surface area contributed by atoms with Crippen molar-refractivity contribution in [1.29, 1.82) is 0 Å². The summed E-state index contributed by atoms with van der Waals surface area (Å²) in [5, 5.41) is 22.0. The molecule has 0 spiro atoms. The first-order valence-electron chi connectivity index (χ1n) is 9.53. The fourth-order valence-electron chi connectivity index (χ4n) is 3.45. The van der Waals surface area contributed by atoms with Crippen LogP contribution in [0.4, 0.5) is 11.6 Å². The molecule has 0 unspecified atom stereocenters. The third-order valence-electron chi connectivity index (χ3n) is 5.06. The fraction of sp³-hybridized carbons (Fsp3) is 0.316. The molecule has 0 bridgehead atoms. The minimum atomic E-state index is -0.476. The van der Waals surface area contributed by atoms with Crippen LogP contribution in [0.3, 0.4) is 0 Å². The molecule has 0 atom stereocenters. The summed E-state index contributed by atoms with van der Waals surface area (Å²) in [4.78, 5) is 33.9. The summed E-state index contributed by atoms with van der Waals surface area (Å²) in [6.07, 6.45) is 4.96. The number of amides is 1. The summed E-state index contributed by atoms with van der Waals surface area (Å²) in [5.74, 6) is 0.386. The van der Waals surface area contributed by atoms with Crippen molar-refractivity contribution in [2.45, 2.75) is 25.8 Å². The lowest BCUT2D eigenvalue weighted by molar-refractivity contribution is -0.384. The molecular weight excluding hydrogens is 388 g/mol. The first-order valence-corrected chi connectivity index (χ1v) is 9.53. The Morgan fingerprint density at radius 3 is 2.63 bits per heavy atom. The van der Waals surface area contributed by atoms with E-state index in [0.29, 0.717) is 17.3 Å². The first-order chi connectivity index (χ1) is 14.5. The Labute approximate surface area is 171 Å². The van der Waals surface area contributed by atoms with E-state index in [4.69, 9.17) is 0 Å². The molecule has 2 aromatic heterocycles. The van der Waals surface area contributed by atoms with Crippen LogP contribution in [-0.4, -0.2) is 54.9 Å². The van der Waals surface area contributed by atoms with Crippen molar-refractivity contribution in [2.75, 3.05) is 18.0 Å². The van der Waals surface area contributed by atoms with Crippen LogP contribution in [0.5, 0.6) is 0 Å². The molecule has 1 N–H and O–H groups in total. The topological polar surface area (TPSA) is 132 Å². The van der Waals surface area contributed by atoms with Crippen molar-refractivity contribution >= 4 is 17.5 Å². The predicted molar refractivity (Wildman–Crippen MR) is 107 cm³/mol. The van der Waals surface area contributed by atoms with Crippen molar-refractivity contribution in [3.8, 4) is 5.69 Å². The highest BCUT2D eigenvalue weighted by Gasteiger charge is 2.25. The van der Waals surface area contributed by atoms with E-state index in [1.807, 2.05) is 0 Å². The molecule has 1 amide bonds. The molecule has 0 saturated carbocycles. The number of carbonyl (C=O) groups is 1. The van der Waals surface area contributed by atoms with Gasteiger partial charge in [0.2, 0.25) is 5.95 Å². The molecule has 1 fully saturated rings. The van der Waals surface area contributed by atoms with Crippen LogP contribution in [0.1, 0.15) is 29.0 Å². The molecule has 1 aromatic carbocycles. The summed E-state index contributed by atoms with van der Waals surface area (Å²) < 4.78 is 1.43. The molecule has 3 heterocycles. The minimum absolute atomic E-state index is 0.0137. The van der Waals surface area contributed by atoms with Crippen molar-refractivity contribution < 1.29 is 9.72 Å². The summed E-state index contributed by atoms with van der Waals surface area (Å²) in [7, 11) is 0. The van der Waals surface area contributed by atoms with Gasteiger partial charge in [0.15, 0.2) is 5.69 Å². The minimum Gasteiger partial charge on any atom is -0.348 e. The summed E-state index contributed by atoms with van der Waals surface area (Å²) in [6, 6.07) is 7.83. The van der Waals surface area contributed by atoms with Crippen molar-refractivity contribution in [3.63, 3.8) is 0 Å². The second-order valence-electron chi connectivity index (χ2n) is 7.00. The van der Waals surface area contributed by atoms with Crippen molar-refractivity contribution in [3.05, 3.63) is 64.2 Å². The number of rotatable bonds is 5. The molecule has 11 nitrogen and oxygen atoms in total. The number of hydrogen-bond donors (Lipinski definition) is 1. The monoisotopic (exact) mass is 408 g/mol. The van der Waals surface area contributed by atoms with Crippen LogP contribution >= 0.6 is 0 Å². The highest BCUT2D eigenvalue weighted by atomic mass is 16.6.